The van der Waals surface area contributed by atoms with Crippen molar-refractivity contribution in [3.05, 3.63) is 29.7 Å². The van der Waals surface area contributed by atoms with Gasteiger partial charge in [0.2, 0.25) is 0 Å². The first-order valence-corrected chi connectivity index (χ1v) is 7.28. The van der Waals surface area contributed by atoms with Crippen molar-refractivity contribution in [1.82, 2.24) is 10.3 Å². The van der Waals surface area contributed by atoms with Gasteiger partial charge in [0.25, 0.3) is 0 Å². The Labute approximate surface area is 114 Å². The lowest BCUT2D eigenvalue weighted by Gasteiger charge is -2.28. The van der Waals surface area contributed by atoms with Crippen LogP contribution in [0.1, 0.15) is 37.1 Å². The van der Waals surface area contributed by atoms with Gasteiger partial charge in [-0.05, 0) is 62.8 Å². The summed E-state index contributed by atoms with van der Waals surface area (Å²) in [6, 6.07) is 7.17. The smallest absolute Gasteiger partial charge is 0.192 e. The van der Waals surface area contributed by atoms with Crippen LogP contribution in [0.4, 0.5) is 0 Å². The minimum atomic E-state index is 0.733. The van der Waals surface area contributed by atoms with Crippen LogP contribution < -0.4 is 5.32 Å². The molecular formula is C16H22N2O. The van der Waals surface area contributed by atoms with E-state index in [-0.39, 0.29) is 0 Å². The normalized spacial score (nSPS) is 23.9. The van der Waals surface area contributed by atoms with Crippen LogP contribution in [0.3, 0.4) is 0 Å². The van der Waals surface area contributed by atoms with Crippen molar-refractivity contribution in [2.24, 2.45) is 5.92 Å². The second-order valence-corrected chi connectivity index (χ2v) is 5.75. The Morgan fingerprint density at radius 1 is 1.26 bits per heavy atom. The van der Waals surface area contributed by atoms with Crippen molar-refractivity contribution in [3.8, 4) is 0 Å². The first kappa shape index (κ1) is 12.7. The third kappa shape index (κ3) is 2.81. The lowest BCUT2D eigenvalue weighted by molar-refractivity contribution is 0.300. The van der Waals surface area contributed by atoms with Crippen LogP contribution in [0, 0.1) is 12.8 Å². The Hall–Kier alpha value is -1.35. The highest BCUT2D eigenvalue weighted by atomic mass is 16.3. The first-order chi connectivity index (χ1) is 9.24. The molecule has 1 N–H and O–H groups in total. The Morgan fingerprint density at radius 2 is 2.05 bits per heavy atom. The van der Waals surface area contributed by atoms with Crippen LogP contribution in [-0.4, -0.2) is 18.1 Å². The molecule has 1 heterocycles. The summed E-state index contributed by atoms with van der Waals surface area (Å²) in [4.78, 5) is 4.42. The van der Waals surface area contributed by atoms with E-state index in [1.54, 1.807) is 0 Å². The van der Waals surface area contributed by atoms with Gasteiger partial charge in [-0.25, -0.2) is 4.98 Å². The van der Waals surface area contributed by atoms with E-state index in [4.69, 9.17) is 4.42 Å². The molecular weight excluding hydrogens is 236 g/mol. The number of rotatable bonds is 3. The molecule has 1 aliphatic carbocycles. The van der Waals surface area contributed by atoms with E-state index in [1.165, 1.54) is 37.7 Å². The molecule has 0 radical (unpaired) electrons. The predicted molar refractivity (Wildman–Crippen MR) is 77.3 cm³/mol. The molecule has 0 atom stereocenters. The second kappa shape index (κ2) is 5.33. The van der Waals surface area contributed by atoms with E-state index in [9.17, 15) is 0 Å². The minimum absolute atomic E-state index is 0.733. The number of oxazole rings is 1. The van der Waals surface area contributed by atoms with Crippen LogP contribution in [0.25, 0.3) is 11.1 Å². The number of aromatic nitrogens is 1. The maximum Gasteiger partial charge on any atom is 0.192 e. The van der Waals surface area contributed by atoms with Gasteiger partial charge in [-0.15, -0.1) is 0 Å². The van der Waals surface area contributed by atoms with Gasteiger partial charge < -0.3 is 9.73 Å². The van der Waals surface area contributed by atoms with Gasteiger partial charge in [-0.1, -0.05) is 6.07 Å². The van der Waals surface area contributed by atoms with Crippen molar-refractivity contribution < 1.29 is 4.42 Å². The van der Waals surface area contributed by atoms with Crippen molar-refractivity contribution in [1.29, 1.82) is 0 Å². The maximum absolute atomic E-state index is 5.52. The van der Waals surface area contributed by atoms with E-state index >= 15 is 0 Å². The van der Waals surface area contributed by atoms with Crippen molar-refractivity contribution in [2.45, 2.75) is 45.1 Å². The average molecular weight is 258 g/mol. The largest absolute Gasteiger partial charge is 0.441 e. The summed E-state index contributed by atoms with van der Waals surface area (Å²) in [7, 11) is 2.08. The number of aryl methyl sites for hydroxylation is 1. The quantitative estimate of drug-likeness (QED) is 0.916. The topological polar surface area (TPSA) is 38.1 Å². The summed E-state index contributed by atoms with van der Waals surface area (Å²) in [5, 5.41) is 3.39. The standard InChI is InChI=1S/C16H22N2O/c1-11-18-15-10-13(5-8-16(15)19-11)9-12-3-6-14(17-2)7-4-12/h5,8,10,12,14,17H,3-4,6-7,9H2,1-2H3. The number of benzene rings is 1. The van der Waals surface area contributed by atoms with E-state index in [0.29, 0.717) is 0 Å². The van der Waals surface area contributed by atoms with Crippen LogP contribution in [-0.2, 0) is 6.42 Å². The monoisotopic (exact) mass is 258 g/mol. The highest BCUT2D eigenvalue weighted by Gasteiger charge is 2.20. The molecule has 0 unspecified atom stereocenters. The Bertz CT molecular complexity index is 553. The molecule has 0 saturated heterocycles. The number of nitrogens with one attached hydrogen (secondary N) is 1. The number of hydrogen-bond acceptors (Lipinski definition) is 3. The maximum atomic E-state index is 5.52. The fraction of sp³-hybridized carbons (Fsp3) is 0.562. The molecule has 19 heavy (non-hydrogen) atoms. The third-order valence-electron chi connectivity index (χ3n) is 4.34. The van der Waals surface area contributed by atoms with Crippen molar-refractivity contribution in [2.75, 3.05) is 7.05 Å². The van der Waals surface area contributed by atoms with Gasteiger partial charge in [0.1, 0.15) is 5.52 Å². The van der Waals surface area contributed by atoms with Crippen molar-refractivity contribution in [3.63, 3.8) is 0 Å². The number of nitrogens with zero attached hydrogens (tertiary/aromatic N) is 1. The molecule has 0 amide bonds. The molecule has 3 nitrogen and oxygen atoms in total. The van der Waals surface area contributed by atoms with E-state index in [2.05, 4.69) is 35.5 Å². The predicted octanol–water partition coefficient (Wildman–Crippen LogP) is 3.46. The summed E-state index contributed by atoms with van der Waals surface area (Å²) in [6.07, 6.45) is 6.47. The number of hydrogen-bond donors (Lipinski definition) is 1. The molecule has 1 aliphatic rings. The fourth-order valence-corrected chi connectivity index (χ4v) is 3.20. The summed E-state index contributed by atoms with van der Waals surface area (Å²) in [6.45, 7) is 1.90. The molecule has 1 aromatic heterocycles. The van der Waals surface area contributed by atoms with Crippen LogP contribution >= 0.6 is 0 Å². The van der Waals surface area contributed by atoms with Gasteiger partial charge in [0.05, 0.1) is 0 Å². The van der Waals surface area contributed by atoms with Gasteiger partial charge in [0, 0.05) is 13.0 Å². The van der Waals surface area contributed by atoms with Gasteiger partial charge in [-0.2, -0.15) is 0 Å². The first-order valence-electron chi connectivity index (χ1n) is 7.28. The summed E-state index contributed by atoms with van der Waals surface area (Å²) < 4.78 is 5.52. The molecule has 2 aromatic rings. The lowest BCUT2D eigenvalue weighted by Crippen LogP contribution is -2.30. The Balaban J connectivity index is 1.68. The average Bonchev–Trinajstić information content (AvgIpc) is 2.79. The minimum Gasteiger partial charge on any atom is -0.441 e. The SMILES string of the molecule is CNC1CCC(Cc2ccc3oc(C)nc3c2)CC1. The summed E-state index contributed by atoms with van der Waals surface area (Å²) in [5.74, 6) is 1.58. The van der Waals surface area contributed by atoms with E-state index < -0.39 is 0 Å². The molecule has 1 aromatic carbocycles. The van der Waals surface area contributed by atoms with Crippen molar-refractivity contribution >= 4 is 11.1 Å². The summed E-state index contributed by atoms with van der Waals surface area (Å²) >= 11 is 0. The van der Waals surface area contributed by atoms with Crippen LogP contribution in [0.2, 0.25) is 0 Å². The van der Waals surface area contributed by atoms with Crippen LogP contribution in [0.5, 0.6) is 0 Å². The molecule has 1 fully saturated rings. The highest BCUT2D eigenvalue weighted by molar-refractivity contribution is 5.73. The molecule has 0 spiro atoms. The van der Waals surface area contributed by atoms with Crippen LogP contribution in [0.15, 0.2) is 22.6 Å². The zero-order valence-electron chi connectivity index (χ0n) is 11.8. The molecule has 3 rings (SSSR count). The van der Waals surface area contributed by atoms with E-state index in [1.807, 2.05) is 6.92 Å². The molecule has 0 bridgehead atoms. The zero-order chi connectivity index (χ0) is 13.2. The fourth-order valence-electron chi connectivity index (χ4n) is 3.20. The van der Waals surface area contributed by atoms with Gasteiger partial charge >= 0.3 is 0 Å². The van der Waals surface area contributed by atoms with Gasteiger partial charge in [0.15, 0.2) is 11.5 Å². The summed E-state index contributed by atoms with van der Waals surface area (Å²) in [5.41, 5.74) is 3.30. The second-order valence-electron chi connectivity index (χ2n) is 5.75. The Morgan fingerprint density at radius 3 is 2.79 bits per heavy atom. The highest BCUT2D eigenvalue weighted by Crippen LogP contribution is 2.28. The zero-order valence-corrected chi connectivity index (χ0v) is 11.8. The lowest BCUT2D eigenvalue weighted by atomic mass is 9.82. The third-order valence-corrected chi connectivity index (χ3v) is 4.34. The Kier molecular flexibility index (Phi) is 3.56. The van der Waals surface area contributed by atoms with Gasteiger partial charge in [-0.3, -0.25) is 0 Å². The number of fused-ring (bicyclic) bond motifs is 1. The molecule has 1 saturated carbocycles. The van der Waals surface area contributed by atoms with E-state index in [0.717, 1.165) is 29.0 Å². The molecule has 3 heteroatoms. The molecule has 102 valence electrons. The molecule has 0 aliphatic heterocycles.